The number of rotatable bonds is 6. The Labute approximate surface area is 149 Å². The van der Waals surface area contributed by atoms with E-state index in [0.717, 1.165) is 10.8 Å². The minimum atomic E-state index is -0.742. The zero-order chi connectivity index (χ0) is 17.2. The van der Waals surface area contributed by atoms with Gasteiger partial charge in [0.1, 0.15) is 5.92 Å². The molecule has 3 heteroatoms. The van der Waals surface area contributed by atoms with Crippen molar-refractivity contribution in [3.63, 3.8) is 0 Å². The third-order valence-corrected chi connectivity index (χ3v) is 6.38. The first-order valence-corrected chi connectivity index (χ1v) is 9.54. The number of carbonyl (C=O) groups is 1. The molecule has 0 saturated heterocycles. The molecular formula is C22H24N2O. The number of ketones is 1. The molecule has 2 fully saturated rings. The third-order valence-electron chi connectivity index (χ3n) is 6.38. The quantitative estimate of drug-likeness (QED) is 0.746. The van der Waals surface area contributed by atoms with Crippen LogP contribution in [0.2, 0.25) is 0 Å². The predicted octanol–water partition coefficient (Wildman–Crippen LogP) is 5.02. The summed E-state index contributed by atoms with van der Waals surface area (Å²) in [6.45, 7) is 0. The van der Waals surface area contributed by atoms with Crippen LogP contribution < -0.4 is 0 Å². The van der Waals surface area contributed by atoms with Gasteiger partial charge in [-0.1, -0.05) is 62.8 Å². The Kier molecular flexibility index (Phi) is 4.53. The summed E-state index contributed by atoms with van der Waals surface area (Å²) in [5.41, 5.74) is 0.631. The summed E-state index contributed by atoms with van der Waals surface area (Å²) in [5, 5.41) is 11.7. The van der Waals surface area contributed by atoms with E-state index < -0.39 is 5.92 Å². The average Bonchev–Trinajstić information content (AvgIpc) is 2.52. The van der Waals surface area contributed by atoms with Gasteiger partial charge in [0.25, 0.3) is 0 Å². The lowest BCUT2D eigenvalue weighted by molar-refractivity contribution is -0.122. The second kappa shape index (κ2) is 6.96. The van der Waals surface area contributed by atoms with Crippen molar-refractivity contribution < 1.29 is 4.79 Å². The van der Waals surface area contributed by atoms with Crippen LogP contribution in [-0.4, -0.2) is 10.8 Å². The number of aromatic nitrogens is 1. The van der Waals surface area contributed by atoms with Gasteiger partial charge in [-0.2, -0.15) is 5.26 Å². The molecule has 0 N–H and O–H groups in total. The van der Waals surface area contributed by atoms with E-state index in [9.17, 15) is 10.1 Å². The standard InChI is InChI=1S/C22H24N2O/c23-14-20(22-18-10-2-1-5-17(18)11-12-24-22)21(25)13-19(15-6-3-7-15)16-8-4-9-16/h1-2,5,10-12,15-16,19-20H,3-4,6-9,13H2. The van der Waals surface area contributed by atoms with Gasteiger partial charge in [-0.15, -0.1) is 0 Å². The predicted molar refractivity (Wildman–Crippen MR) is 97.9 cm³/mol. The number of hydrogen-bond acceptors (Lipinski definition) is 3. The second-order valence-corrected chi connectivity index (χ2v) is 7.70. The van der Waals surface area contributed by atoms with E-state index in [2.05, 4.69) is 11.1 Å². The van der Waals surface area contributed by atoms with Gasteiger partial charge in [-0.25, -0.2) is 0 Å². The molecule has 0 spiro atoms. The van der Waals surface area contributed by atoms with Crippen LogP contribution in [0.5, 0.6) is 0 Å². The zero-order valence-corrected chi connectivity index (χ0v) is 14.5. The molecule has 1 heterocycles. The number of benzene rings is 1. The van der Waals surface area contributed by atoms with Crippen molar-refractivity contribution in [1.29, 1.82) is 5.26 Å². The first-order chi connectivity index (χ1) is 12.3. The van der Waals surface area contributed by atoms with Crippen molar-refractivity contribution in [2.24, 2.45) is 17.8 Å². The number of fused-ring (bicyclic) bond motifs is 1. The van der Waals surface area contributed by atoms with Crippen LogP contribution >= 0.6 is 0 Å². The van der Waals surface area contributed by atoms with Crippen molar-refractivity contribution in [3.05, 3.63) is 42.2 Å². The second-order valence-electron chi connectivity index (χ2n) is 7.70. The fourth-order valence-electron chi connectivity index (χ4n) is 4.46. The number of hydrogen-bond donors (Lipinski definition) is 0. The molecule has 2 aliphatic carbocycles. The smallest absolute Gasteiger partial charge is 0.156 e. The largest absolute Gasteiger partial charge is 0.298 e. The topological polar surface area (TPSA) is 53.8 Å². The number of carbonyl (C=O) groups excluding carboxylic acids is 1. The molecule has 2 aliphatic rings. The number of Topliss-reactive ketones (excluding diaryl/α,β-unsaturated/α-hetero) is 1. The molecule has 0 radical (unpaired) electrons. The monoisotopic (exact) mass is 332 g/mol. The molecule has 0 aliphatic heterocycles. The van der Waals surface area contributed by atoms with E-state index in [-0.39, 0.29) is 5.78 Å². The molecule has 0 bridgehead atoms. The van der Waals surface area contributed by atoms with E-state index in [1.807, 2.05) is 30.3 Å². The van der Waals surface area contributed by atoms with E-state index in [1.54, 1.807) is 6.20 Å². The maximum absolute atomic E-state index is 13.1. The maximum atomic E-state index is 13.1. The fourth-order valence-corrected chi connectivity index (χ4v) is 4.46. The van der Waals surface area contributed by atoms with Gasteiger partial charge >= 0.3 is 0 Å². The summed E-state index contributed by atoms with van der Waals surface area (Å²) in [4.78, 5) is 17.5. The Hall–Kier alpha value is -2.21. The van der Waals surface area contributed by atoms with Crippen LogP contribution in [0.1, 0.15) is 56.6 Å². The van der Waals surface area contributed by atoms with Gasteiger partial charge in [0.15, 0.2) is 5.78 Å². The van der Waals surface area contributed by atoms with Gasteiger partial charge < -0.3 is 0 Å². The van der Waals surface area contributed by atoms with E-state index >= 15 is 0 Å². The molecule has 1 atom stereocenters. The minimum Gasteiger partial charge on any atom is -0.298 e. The Bertz CT molecular complexity index is 795. The van der Waals surface area contributed by atoms with Gasteiger partial charge in [-0.3, -0.25) is 9.78 Å². The SMILES string of the molecule is N#CC(C(=O)CC(C1CCC1)C1CCC1)c1nccc2ccccc12. The highest BCUT2D eigenvalue weighted by molar-refractivity contribution is 5.94. The Morgan fingerprint density at radius 1 is 1.12 bits per heavy atom. The van der Waals surface area contributed by atoms with Gasteiger partial charge in [0.2, 0.25) is 0 Å². The average molecular weight is 332 g/mol. The Balaban J connectivity index is 1.59. The summed E-state index contributed by atoms with van der Waals surface area (Å²) < 4.78 is 0. The minimum absolute atomic E-state index is 0.0650. The molecule has 2 aromatic rings. The van der Waals surface area contributed by atoms with Crippen molar-refractivity contribution in [2.75, 3.05) is 0 Å². The molecule has 1 unspecified atom stereocenters. The lowest BCUT2D eigenvalue weighted by atomic mass is 9.62. The van der Waals surface area contributed by atoms with Crippen molar-refractivity contribution in [3.8, 4) is 6.07 Å². The van der Waals surface area contributed by atoms with Crippen molar-refractivity contribution in [2.45, 2.75) is 50.9 Å². The highest BCUT2D eigenvalue weighted by Crippen LogP contribution is 2.46. The van der Waals surface area contributed by atoms with Crippen LogP contribution in [0.25, 0.3) is 10.8 Å². The normalized spacial score (nSPS) is 19.2. The van der Waals surface area contributed by atoms with Crippen LogP contribution in [0.4, 0.5) is 0 Å². The molecule has 128 valence electrons. The van der Waals surface area contributed by atoms with Gasteiger partial charge in [-0.05, 0) is 29.2 Å². The van der Waals surface area contributed by atoms with Crippen LogP contribution in [0.3, 0.4) is 0 Å². The highest BCUT2D eigenvalue weighted by Gasteiger charge is 2.38. The molecule has 4 rings (SSSR count). The van der Waals surface area contributed by atoms with Gasteiger partial charge in [0.05, 0.1) is 11.8 Å². The van der Waals surface area contributed by atoms with E-state index in [4.69, 9.17) is 0 Å². The summed E-state index contributed by atoms with van der Waals surface area (Å²) in [6, 6.07) is 12.1. The Morgan fingerprint density at radius 3 is 2.40 bits per heavy atom. The van der Waals surface area contributed by atoms with Crippen LogP contribution in [0, 0.1) is 29.1 Å². The summed E-state index contributed by atoms with van der Waals surface area (Å²) in [7, 11) is 0. The molecule has 3 nitrogen and oxygen atoms in total. The zero-order valence-electron chi connectivity index (χ0n) is 14.5. The fraction of sp³-hybridized carbons (Fsp3) is 0.500. The number of pyridine rings is 1. The van der Waals surface area contributed by atoms with Crippen molar-refractivity contribution >= 4 is 16.6 Å². The summed E-state index contributed by atoms with van der Waals surface area (Å²) in [5.74, 6) is 1.22. The maximum Gasteiger partial charge on any atom is 0.156 e. The number of nitriles is 1. The molecule has 1 aromatic heterocycles. The lowest BCUT2D eigenvalue weighted by Gasteiger charge is -2.42. The van der Waals surface area contributed by atoms with Crippen LogP contribution in [-0.2, 0) is 4.79 Å². The molecular weight excluding hydrogens is 308 g/mol. The van der Waals surface area contributed by atoms with Crippen molar-refractivity contribution in [1.82, 2.24) is 4.98 Å². The molecule has 1 aromatic carbocycles. The Morgan fingerprint density at radius 2 is 1.80 bits per heavy atom. The summed E-state index contributed by atoms with van der Waals surface area (Å²) >= 11 is 0. The first-order valence-electron chi connectivity index (χ1n) is 9.54. The van der Waals surface area contributed by atoms with Crippen LogP contribution in [0.15, 0.2) is 36.5 Å². The first kappa shape index (κ1) is 16.3. The molecule has 2 saturated carbocycles. The molecule has 25 heavy (non-hydrogen) atoms. The third kappa shape index (κ3) is 3.06. The lowest BCUT2D eigenvalue weighted by Crippen LogP contribution is -2.34. The summed E-state index contributed by atoms with van der Waals surface area (Å²) in [6.07, 6.45) is 9.92. The number of nitrogens with zero attached hydrogens (tertiary/aromatic N) is 2. The van der Waals surface area contributed by atoms with Gasteiger partial charge in [0, 0.05) is 18.0 Å². The highest BCUT2D eigenvalue weighted by atomic mass is 16.1. The molecule has 0 amide bonds. The van der Waals surface area contributed by atoms with E-state index in [1.165, 1.54) is 38.5 Å². The van der Waals surface area contributed by atoms with E-state index in [0.29, 0.717) is 29.9 Å².